The monoisotopic (exact) mass is 186 g/mol. The van der Waals surface area contributed by atoms with Gasteiger partial charge in [-0.1, -0.05) is 39.5 Å². The molecule has 0 N–H and O–H groups in total. The van der Waals surface area contributed by atoms with Gasteiger partial charge in [-0.25, -0.2) is 0 Å². The first-order valence-corrected chi connectivity index (χ1v) is 5.42. The van der Waals surface area contributed by atoms with E-state index in [-0.39, 0.29) is 6.10 Å². The molecule has 0 aromatic heterocycles. The van der Waals surface area contributed by atoms with Crippen LogP contribution in [0.2, 0.25) is 0 Å². The predicted octanol–water partition coefficient (Wildman–Crippen LogP) is 2.95. The fourth-order valence-electron chi connectivity index (χ4n) is 1.19. The normalized spacial score (nSPS) is 12.8. The van der Waals surface area contributed by atoms with Crippen LogP contribution in [0.1, 0.15) is 52.4 Å². The molecule has 0 aliphatic heterocycles. The van der Waals surface area contributed by atoms with Crippen molar-refractivity contribution in [1.82, 2.24) is 0 Å². The highest BCUT2D eigenvalue weighted by Crippen LogP contribution is 2.03. The molecule has 0 amide bonds. The second kappa shape index (κ2) is 9.72. The molecule has 2 heteroatoms. The van der Waals surface area contributed by atoms with Crippen molar-refractivity contribution in [3.05, 3.63) is 0 Å². The van der Waals surface area contributed by atoms with Crippen LogP contribution in [0.25, 0.3) is 0 Å². The van der Waals surface area contributed by atoms with E-state index in [2.05, 4.69) is 6.92 Å². The summed E-state index contributed by atoms with van der Waals surface area (Å²) in [4.78, 5) is 10.4. The van der Waals surface area contributed by atoms with Crippen LogP contribution in [0.15, 0.2) is 0 Å². The van der Waals surface area contributed by atoms with Gasteiger partial charge in [-0.3, -0.25) is 0 Å². The minimum atomic E-state index is -0.175. The van der Waals surface area contributed by atoms with Crippen molar-refractivity contribution in [3.63, 3.8) is 0 Å². The van der Waals surface area contributed by atoms with E-state index >= 15 is 0 Å². The maximum Gasteiger partial charge on any atom is 0.148 e. The average Bonchev–Trinajstić information content (AvgIpc) is 2.17. The Hall–Kier alpha value is -0.370. The summed E-state index contributed by atoms with van der Waals surface area (Å²) < 4.78 is 5.35. The predicted molar refractivity (Wildman–Crippen MR) is 54.9 cm³/mol. The fourth-order valence-corrected chi connectivity index (χ4v) is 1.19. The van der Waals surface area contributed by atoms with Crippen LogP contribution in [-0.2, 0) is 9.53 Å². The summed E-state index contributed by atoms with van der Waals surface area (Å²) in [5.74, 6) is 0. The Kier molecular flexibility index (Phi) is 9.44. The number of hydrogen-bond donors (Lipinski definition) is 0. The summed E-state index contributed by atoms with van der Waals surface area (Å²) in [5.41, 5.74) is 0. The number of carbonyl (C=O) groups excluding carboxylic acids is 1. The third kappa shape index (κ3) is 7.97. The number of hydrogen-bond acceptors (Lipinski definition) is 2. The Bertz CT molecular complexity index is 113. The van der Waals surface area contributed by atoms with E-state index in [0.717, 1.165) is 25.7 Å². The number of carbonyl (C=O) groups is 1. The molecule has 13 heavy (non-hydrogen) atoms. The molecule has 0 aromatic carbocycles. The smallest absolute Gasteiger partial charge is 0.148 e. The van der Waals surface area contributed by atoms with Gasteiger partial charge in [0.15, 0.2) is 0 Å². The van der Waals surface area contributed by atoms with Crippen molar-refractivity contribution in [3.8, 4) is 0 Å². The van der Waals surface area contributed by atoms with Gasteiger partial charge in [0, 0.05) is 6.61 Å². The molecular formula is C11H22O2. The molecule has 0 heterocycles. The quantitative estimate of drug-likeness (QED) is 0.409. The zero-order valence-electron chi connectivity index (χ0n) is 8.92. The second-order valence-corrected chi connectivity index (χ2v) is 3.37. The van der Waals surface area contributed by atoms with Crippen molar-refractivity contribution in [2.45, 2.75) is 58.5 Å². The molecule has 0 aliphatic rings. The van der Waals surface area contributed by atoms with Gasteiger partial charge < -0.3 is 9.53 Å². The highest BCUT2D eigenvalue weighted by Gasteiger charge is 2.02. The lowest BCUT2D eigenvalue weighted by Crippen LogP contribution is -2.13. The SMILES string of the molecule is CCCCCCCOC(C=O)CC. The minimum Gasteiger partial charge on any atom is -0.371 e. The summed E-state index contributed by atoms with van der Waals surface area (Å²) in [6.07, 6.45) is 7.69. The van der Waals surface area contributed by atoms with E-state index in [1.807, 2.05) is 6.92 Å². The first kappa shape index (κ1) is 12.6. The molecule has 0 rings (SSSR count). The van der Waals surface area contributed by atoms with Crippen LogP contribution >= 0.6 is 0 Å². The first-order chi connectivity index (χ1) is 6.35. The van der Waals surface area contributed by atoms with Gasteiger partial charge in [-0.15, -0.1) is 0 Å². The lowest BCUT2D eigenvalue weighted by molar-refractivity contribution is -0.118. The van der Waals surface area contributed by atoms with Gasteiger partial charge in [-0.2, -0.15) is 0 Å². The van der Waals surface area contributed by atoms with E-state index in [0.29, 0.717) is 0 Å². The van der Waals surface area contributed by atoms with Gasteiger partial charge in [0.2, 0.25) is 0 Å². The standard InChI is InChI=1S/C11H22O2/c1-3-5-6-7-8-9-13-11(4-2)10-12/h10-11H,3-9H2,1-2H3. The highest BCUT2D eigenvalue weighted by molar-refractivity contribution is 5.55. The Morgan fingerprint density at radius 1 is 1.15 bits per heavy atom. The van der Waals surface area contributed by atoms with Crippen LogP contribution < -0.4 is 0 Å². The van der Waals surface area contributed by atoms with Crippen LogP contribution in [0.5, 0.6) is 0 Å². The van der Waals surface area contributed by atoms with Crippen molar-refractivity contribution < 1.29 is 9.53 Å². The van der Waals surface area contributed by atoms with Crippen LogP contribution in [0.3, 0.4) is 0 Å². The Labute approximate surface area is 81.7 Å². The summed E-state index contributed by atoms with van der Waals surface area (Å²) in [6, 6.07) is 0. The summed E-state index contributed by atoms with van der Waals surface area (Å²) in [5, 5.41) is 0. The molecule has 1 atom stereocenters. The largest absolute Gasteiger partial charge is 0.371 e. The molecule has 0 bridgehead atoms. The number of ether oxygens (including phenoxy) is 1. The van der Waals surface area contributed by atoms with E-state index in [4.69, 9.17) is 4.74 Å². The van der Waals surface area contributed by atoms with E-state index in [9.17, 15) is 4.79 Å². The van der Waals surface area contributed by atoms with Gasteiger partial charge >= 0.3 is 0 Å². The first-order valence-electron chi connectivity index (χ1n) is 5.42. The molecule has 0 aliphatic carbocycles. The van der Waals surface area contributed by atoms with Crippen molar-refractivity contribution in [2.24, 2.45) is 0 Å². The minimum absolute atomic E-state index is 0.175. The molecule has 0 fully saturated rings. The molecule has 2 nitrogen and oxygen atoms in total. The fraction of sp³-hybridized carbons (Fsp3) is 0.909. The zero-order valence-corrected chi connectivity index (χ0v) is 8.92. The van der Waals surface area contributed by atoms with E-state index < -0.39 is 0 Å². The van der Waals surface area contributed by atoms with Crippen LogP contribution in [-0.4, -0.2) is 19.0 Å². The number of rotatable bonds is 9. The third-order valence-corrected chi connectivity index (χ3v) is 2.13. The topological polar surface area (TPSA) is 26.3 Å². The van der Waals surface area contributed by atoms with Gasteiger partial charge in [-0.05, 0) is 12.8 Å². The molecule has 0 aromatic rings. The summed E-state index contributed by atoms with van der Waals surface area (Å²) in [7, 11) is 0. The Morgan fingerprint density at radius 2 is 1.85 bits per heavy atom. The van der Waals surface area contributed by atoms with Crippen LogP contribution in [0, 0.1) is 0 Å². The number of aldehydes is 1. The van der Waals surface area contributed by atoms with Crippen molar-refractivity contribution in [1.29, 1.82) is 0 Å². The van der Waals surface area contributed by atoms with Crippen molar-refractivity contribution in [2.75, 3.05) is 6.61 Å². The summed E-state index contributed by atoms with van der Waals surface area (Å²) >= 11 is 0. The lowest BCUT2D eigenvalue weighted by Gasteiger charge is -2.08. The average molecular weight is 186 g/mol. The Balaban J connectivity index is 3.10. The van der Waals surface area contributed by atoms with Crippen LogP contribution in [0.4, 0.5) is 0 Å². The molecule has 78 valence electrons. The Morgan fingerprint density at radius 3 is 2.38 bits per heavy atom. The van der Waals surface area contributed by atoms with Gasteiger partial charge in [0.05, 0.1) is 0 Å². The number of unbranched alkanes of at least 4 members (excludes halogenated alkanes) is 4. The lowest BCUT2D eigenvalue weighted by atomic mass is 10.2. The van der Waals surface area contributed by atoms with Gasteiger partial charge in [0.25, 0.3) is 0 Å². The highest BCUT2D eigenvalue weighted by atomic mass is 16.5. The van der Waals surface area contributed by atoms with E-state index in [1.165, 1.54) is 25.7 Å². The molecule has 0 saturated heterocycles. The van der Waals surface area contributed by atoms with Crippen molar-refractivity contribution >= 4 is 6.29 Å². The van der Waals surface area contributed by atoms with E-state index in [1.54, 1.807) is 0 Å². The molecule has 0 radical (unpaired) electrons. The maximum atomic E-state index is 10.4. The molecule has 0 saturated carbocycles. The second-order valence-electron chi connectivity index (χ2n) is 3.37. The molecule has 0 spiro atoms. The maximum absolute atomic E-state index is 10.4. The zero-order chi connectivity index (χ0) is 9.94. The molecular weight excluding hydrogens is 164 g/mol. The third-order valence-electron chi connectivity index (χ3n) is 2.13. The molecule has 1 unspecified atom stereocenters. The summed E-state index contributed by atoms with van der Waals surface area (Å²) in [6.45, 7) is 4.91. The van der Waals surface area contributed by atoms with Gasteiger partial charge in [0.1, 0.15) is 12.4 Å².